The highest BCUT2D eigenvalue weighted by Crippen LogP contribution is 2.25. The SMILES string of the molecule is CCN(C1=NC(C)=NC2NNC=C12)C(C)c1ccc(=O)[nH]c1. The third-order valence-electron chi connectivity index (χ3n) is 3.96. The molecule has 2 aliphatic heterocycles. The summed E-state index contributed by atoms with van der Waals surface area (Å²) in [5.74, 6) is 1.66. The molecule has 0 saturated carbocycles. The fourth-order valence-corrected chi connectivity index (χ4v) is 2.78. The van der Waals surface area contributed by atoms with Gasteiger partial charge in [0.1, 0.15) is 17.8 Å². The predicted octanol–water partition coefficient (Wildman–Crippen LogP) is 0.906. The predicted molar refractivity (Wildman–Crippen MR) is 86.5 cm³/mol. The fourth-order valence-electron chi connectivity index (χ4n) is 2.78. The topological polar surface area (TPSA) is 84.9 Å². The van der Waals surface area contributed by atoms with Gasteiger partial charge >= 0.3 is 0 Å². The van der Waals surface area contributed by atoms with Gasteiger partial charge in [-0.1, -0.05) is 6.07 Å². The number of hydrazine groups is 1. The molecule has 116 valence electrons. The number of nitrogens with one attached hydrogen (secondary N) is 3. The Bertz CT molecular complexity index is 696. The van der Waals surface area contributed by atoms with Crippen molar-refractivity contribution in [3.05, 3.63) is 46.0 Å². The van der Waals surface area contributed by atoms with Gasteiger partial charge in [-0.05, 0) is 26.3 Å². The van der Waals surface area contributed by atoms with E-state index in [1.165, 1.54) is 0 Å². The highest BCUT2D eigenvalue weighted by atomic mass is 16.1. The number of nitrogens with zero attached hydrogens (tertiary/aromatic N) is 3. The molecule has 3 N–H and O–H groups in total. The van der Waals surface area contributed by atoms with E-state index in [-0.39, 0.29) is 17.8 Å². The lowest BCUT2D eigenvalue weighted by atomic mass is 10.1. The van der Waals surface area contributed by atoms with Crippen molar-refractivity contribution in [1.29, 1.82) is 0 Å². The zero-order valence-electron chi connectivity index (χ0n) is 12.9. The summed E-state index contributed by atoms with van der Waals surface area (Å²) in [6, 6.07) is 3.50. The first-order valence-corrected chi connectivity index (χ1v) is 7.40. The summed E-state index contributed by atoms with van der Waals surface area (Å²) in [5, 5.41) is 0. The van der Waals surface area contributed by atoms with E-state index in [0.29, 0.717) is 0 Å². The molecular weight excluding hydrogens is 280 g/mol. The maximum absolute atomic E-state index is 11.2. The number of fused-ring (bicyclic) bond motifs is 1. The Morgan fingerprint density at radius 3 is 2.91 bits per heavy atom. The van der Waals surface area contributed by atoms with E-state index in [1.807, 2.05) is 19.2 Å². The van der Waals surface area contributed by atoms with Crippen molar-refractivity contribution in [2.75, 3.05) is 6.54 Å². The lowest BCUT2D eigenvalue weighted by Crippen LogP contribution is -2.42. The van der Waals surface area contributed by atoms with Gasteiger partial charge in [0.25, 0.3) is 0 Å². The van der Waals surface area contributed by atoms with Crippen molar-refractivity contribution in [2.45, 2.75) is 33.0 Å². The highest BCUT2D eigenvalue weighted by Gasteiger charge is 2.31. The van der Waals surface area contributed by atoms with Crippen LogP contribution in [-0.2, 0) is 0 Å². The van der Waals surface area contributed by atoms with E-state index in [9.17, 15) is 4.79 Å². The molecule has 2 atom stereocenters. The number of hydrogen-bond acceptors (Lipinski definition) is 6. The third kappa shape index (κ3) is 2.55. The molecule has 3 rings (SSSR count). The normalized spacial score (nSPS) is 21.2. The first-order valence-electron chi connectivity index (χ1n) is 7.40. The first-order chi connectivity index (χ1) is 10.6. The standard InChI is InChI=1S/C15H20N6O/c1-4-21(9(2)11-5-6-13(22)16-7-11)15-12-8-17-20-14(12)18-10(3)19-15/h5-9,14,17,20H,4H2,1-3H3,(H,16,22). The van der Waals surface area contributed by atoms with E-state index in [0.717, 1.165) is 29.4 Å². The van der Waals surface area contributed by atoms with Crippen molar-refractivity contribution in [2.24, 2.45) is 9.98 Å². The van der Waals surface area contributed by atoms with E-state index in [1.54, 1.807) is 12.3 Å². The van der Waals surface area contributed by atoms with Crippen molar-refractivity contribution in [3.63, 3.8) is 0 Å². The van der Waals surface area contributed by atoms with Crippen LogP contribution < -0.4 is 16.4 Å². The van der Waals surface area contributed by atoms with Crippen LogP contribution in [0.4, 0.5) is 0 Å². The van der Waals surface area contributed by atoms with Crippen molar-refractivity contribution in [3.8, 4) is 0 Å². The summed E-state index contributed by atoms with van der Waals surface area (Å²) in [5.41, 5.74) is 8.08. The second-order valence-corrected chi connectivity index (χ2v) is 5.35. The monoisotopic (exact) mass is 300 g/mol. The van der Waals surface area contributed by atoms with Gasteiger partial charge in [-0.15, -0.1) is 0 Å². The van der Waals surface area contributed by atoms with Gasteiger partial charge in [0.15, 0.2) is 0 Å². The second-order valence-electron chi connectivity index (χ2n) is 5.35. The Kier molecular flexibility index (Phi) is 3.81. The lowest BCUT2D eigenvalue weighted by Gasteiger charge is -2.33. The number of rotatable bonds is 3. The minimum Gasteiger partial charge on any atom is -0.350 e. The van der Waals surface area contributed by atoms with Crippen LogP contribution in [0.2, 0.25) is 0 Å². The summed E-state index contributed by atoms with van der Waals surface area (Å²) in [4.78, 5) is 25.3. The number of pyridine rings is 1. The summed E-state index contributed by atoms with van der Waals surface area (Å²) in [6.07, 6.45) is 3.57. The quantitative estimate of drug-likeness (QED) is 0.774. The van der Waals surface area contributed by atoms with E-state index >= 15 is 0 Å². The molecule has 0 spiro atoms. The van der Waals surface area contributed by atoms with Crippen LogP contribution in [0.25, 0.3) is 0 Å². The minimum absolute atomic E-state index is 0.0913. The number of likely N-dealkylation sites (N-methyl/N-ethyl adjacent to an activating group) is 1. The number of amidine groups is 2. The van der Waals surface area contributed by atoms with E-state index in [4.69, 9.17) is 0 Å². The molecule has 1 aromatic rings. The van der Waals surface area contributed by atoms with Gasteiger partial charge in [0, 0.05) is 25.0 Å². The van der Waals surface area contributed by atoms with Crippen LogP contribution >= 0.6 is 0 Å². The van der Waals surface area contributed by atoms with Gasteiger partial charge < -0.3 is 15.3 Å². The van der Waals surface area contributed by atoms with Crippen molar-refractivity contribution in [1.82, 2.24) is 20.7 Å². The molecule has 2 unspecified atom stereocenters. The highest BCUT2D eigenvalue weighted by molar-refractivity contribution is 6.08. The smallest absolute Gasteiger partial charge is 0.247 e. The number of aromatic nitrogens is 1. The van der Waals surface area contributed by atoms with Crippen molar-refractivity contribution < 1.29 is 0 Å². The van der Waals surface area contributed by atoms with E-state index < -0.39 is 0 Å². The van der Waals surface area contributed by atoms with E-state index in [2.05, 4.69) is 44.6 Å². The molecular formula is C15H20N6O. The molecule has 2 aliphatic rings. The minimum atomic E-state index is -0.0936. The number of aliphatic imine (C=N–C) groups is 2. The number of hydrogen-bond donors (Lipinski definition) is 3. The first kappa shape index (κ1) is 14.5. The van der Waals surface area contributed by atoms with Crippen LogP contribution in [0, 0.1) is 0 Å². The zero-order chi connectivity index (χ0) is 15.7. The summed E-state index contributed by atoms with van der Waals surface area (Å²) in [7, 11) is 0. The van der Waals surface area contributed by atoms with Gasteiger partial charge in [0.05, 0.1) is 11.6 Å². The average Bonchev–Trinajstić information content (AvgIpc) is 2.96. The van der Waals surface area contributed by atoms with Crippen LogP contribution in [0.15, 0.2) is 44.9 Å². The average molecular weight is 300 g/mol. The molecule has 0 bridgehead atoms. The summed E-state index contributed by atoms with van der Waals surface area (Å²) >= 11 is 0. The second kappa shape index (κ2) is 5.76. The third-order valence-corrected chi connectivity index (χ3v) is 3.96. The largest absolute Gasteiger partial charge is 0.350 e. The Morgan fingerprint density at radius 1 is 1.41 bits per heavy atom. The molecule has 1 aromatic heterocycles. The molecule has 0 fully saturated rings. The molecule has 0 aromatic carbocycles. The maximum Gasteiger partial charge on any atom is 0.247 e. The van der Waals surface area contributed by atoms with Gasteiger partial charge in [-0.3, -0.25) is 4.79 Å². The molecule has 0 aliphatic carbocycles. The van der Waals surface area contributed by atoms with Crippen molar-refractivity contribution >= 4 is 11.7 Å². The zero-order valence-corrected chi connectivity index (χ0v) is 12.9. The fraction of sp³-hybridized carbons (Fsp3) is 0.400. The Balaban J connectivity index is 1.95. The van der Waals surface area contributed by atoms with Crippen LogP contribution in [0.3, 0.4) is 0 Å². The Hall–Kier alpha value is -2.41. The molecule has 0 radical (unpaired) electrons. The van der Waals surface area contributed by atoms with Gasteiger partial charge in [-0.25, -0.2) is 15.4 Å². The number of H-pyrrole nitrogens is 1. The maximum atomic E-state index is 11.2. The Morgan fingerprint density at radius 2 is 2.23 bits per heavy atom. The van der Waals surface area contributed by atoms with Gasteiger partial charge in [-0.2, -0.15) is 0 Å². The molecule has 0 amide bonds. The van der Waals surface area contributed by atoms with Crippen LogP contribution in [0.5, 0.6) is 0 Å². The Labute approximate surface area is 128 Å². The van der Waals surface area contributed by atoms with Gasteiger partial charge in [0.2, 0.25) is 5.56 Å². The van der Waals surface area contributed by atoms with Crippen LogP contribution in [0.1, 0.15) is 32.4 Å². The molecule has 3 heterocycles. The lowest BCUT2D eigenvalue weighted by molar-refractivity contribution is 0.350. The summed E-state index contributed by atoms with van der Waals surface area (Å²) in [6.45, 7) is 6.90. The molecule has 7 nitrogen and oxygen atoms in total. The molecule has 7 heteroatoms. The summed E-state index contributed by atoms with van der Waals surface area (Å²) < 4.78 is 0. The number of aromatic amines is 1. The van der Waals surface area contributed by atoms with Crippen LogP contribution in [-0.4, -0.2) is 34.3 Å². The molecule has 22 heavy (non-hydrogen) atoms. The molecule has 0 saturated heterocycles.